The number of rotatable bonds is 3. The van der Waals surface area contributed by atoms with E-state index in [1.54, 1.807) is 18.2 Å². The molecule has 0 saturated carbocycles. The number of nitrogens with zero attached hydrogens (tertiary/aromatic N) is 1. The van der Waals surface area contributed by atoms with Gasteiger partial charge in [-0.2, -0.15) is 0 Å². The summed E-state index contributed by atoms with van der Waals surface area (Å²) in [6.45, 7) is 0. The Balaban J connectivity index is 2.25. The molecular formula is C12H8BrCl2NO. The van der Waals surface area contributed by atoms with Crippen molar-refractivity contribution in [1.29, 1.82) is 0 Å². The largest absolute Gasteiger partial charge is 0.437 e. The SMILES string of the molecule is ClCc1cccc(Oc2ccc(Br)cc2Cl)n1. The quantitative estimate of drug-likeness (QED) is 0.735. The minimum Gasteiger partial charge on any atom is -0.437 e. The Labute approximate surface area is 118 Å². The van der Waals surface area contributed by atoms with Crippen LogP contribution in [0.3, 0.4) is 0 Å². The Bertz CT molecular complexity index is 534. The first-order chi connectivity index (χ1) is 8.19. The van der Waals surface area contributed by atoms with Crippen molar-refractivity contribution >= 4 is 39.1 Å². The van der Waals surface area contributed by atoms with E-state index < -0.39 is 0 Å². The number of benzene rings is 1. The molecule has 0 unspecified atom stereocenters. The third-order valence-electron chi connectivity index (χ3n) is 2.03. The van der Waals surface area contributed by atoms with Gasteiger partial charge >= 0.3 is 0 Å². The van der Waals surface area contributed by atoms with Gasteiger partial charge in [0.1, 0.15) is 5.75 Å². The molecule has 1 aromatic heterocycles. The van der Waals surface area contributed by atoms with Gasteiger partial charge in [-0.25, -0.2) is 4.98 Å². The highest BCUT2D eigenvalue weighted by molar-refractivity contribution is 9.10. The molecule has 2 rings (SSSR count). The van der Waals surface area contributed by atoms with Crippen molar-refractivity contribution in [2.75, 3.05) is 0 Å². The molecule has 2 nitrogen and oxygen atoms in total. The van der Waals surface area contributed by atoms with Crippen LogP contribution >= 0.6 is 39.1 Å². The summed E-state index contributed by atoms with van der Waals surface area (Å²) in [6.07, 6.45) is 0. The standard InChI is InChI=1S/C12H8BrCl2NO/c13-8-4-5-11(10(15)6-8)17-12-3-1-2-9(7-14)16-12/h1-6H,7H2. The molecule has 1 heterocycles. The first-order valence-electron chi connectivity index (χ1n) is 4.84. The number of hydrogen-bond donors (Lipinski definition) is 0. The first kappa shape index (κ1) is 12.7. The van der Waals surface area contributed by atoms with E-state index >= 15 is 0 Å². The summed E-state index contributed by atoms with van der Waals surface area (Å²) in [5.41, 5.74) is 0.761. The summed E-state index contributed by atoms with van der Waals surface area (Å²) in [5, 5.41) is 0.525. The van der Waals surface area contributed by atoms with Crippen LogP contribution in [0.1, 0.15) is 5.69 Å². The molecule has 0 fully saturated rings. The summed E-state index contributed by atoms with van der Waals surface area (Å²) in [4.78, 5) is 4.23. The topological polar surface area (TPSA) is 22.1 Å². The number of ether oxygens (including phenoxy) is 1. The van der Waals surface area contributed by atoms with Gasteiger partial charge < -0.3 is 4.74 Å². The molecule has 0 amide bonds. The summed E-state index contributed by atoms with van der Waals surface area (Å²) in [5.74, 6) is 1.40. The average Bonchev–Trinajstić information content (AvgIpc) is 2.33. The molecule has 0 spiro atoms. The molecule has 0 radical (unpaired) electrons. The molecule has 1 aromatic carbocycles. The van der Waals surface area contributed by atoms with Gasteiger partial charge in [0.25, 0.3) is 0 Å². The number of pyridine rings is 1. The molecule has 2 aromatic rings. The fraction of sp³-hybridized carbons (Fsp3) is 0.0833. The van der Waals surface area contributed by atoms with Crippen molar-refractivity contribution in [3.8, 4) is 11.6 Å². The molecule has 0 atom stereocenters. The molecule has 17 heavy (non-hydrogen) atoms. The Morgan fingerprint density at radius 1 is 1.24 bits per heavy atom. The lowest BCUT2D eigenvalue weighted by Crippen LogP contribution is -1.91. The highest BCUT2D eigenvalue weighted by Crippen LogP contribution is 2.30. The van der Waals surface area contributed by atoms with E-state index in [1.165, 1.54) is 0 Å². The predicted octanol–water partition coefficient (Wildman–Crippen LogP) is 5.03. The van der Waals surface area contributed by atoms with Crippen LogP contribution in [0.15, 0.2) is 40.9 Å². The molecule has 88 valence electrons. The van der Waals surface area contributed by atoms with Crippen LogP contribution in [0.4, 0.5) is 0 Å². The Kier molecular flexibility index (Phi) is 4.26. The third kappa shape index (κ3) is 3.35. The van der Waals surface area contributed by atoms with Crippen LogP contribution in [0.2, 0.25) is 5.02 Å². The van der Waals surface area contributed by atoms with Crippen molar-refractivity contribution in [3.63, 3.8) is 0 Å². The summed E-state index contributed by atoms with van der Waals surface area (Å²) < 4.78 is 6.48. The van der Waals surface area contributed by atoms with Gasteiger partial charge in [-0.05, 0) is 24.3 Å². The molecule has 0 saturated heterocycles. The fourth-order valence-electron chi connectivity index (χ4n) is 1.26. The molecule has 0 bridgehead atoms. The highest BCUT2D eigenvalue weighted by atomic mass is 79.9. The van der Waals surface area contributed by atoms with E-state index in [-0.39, 0.29) is 0 Å². The van der Waals surface area contributed by atoms with Crippen LogP contribution < -0.4 is 4.74 Å². The number of hydrogen-bond acceptors (Lipinski definition) is 2. The predicted molar refractivity (Wildman–Crippen MR) is 73.0 cm³/mol. The second-order valence-corrected chi connectivity index (χ2v) is 4.87. The van der Waals surface area contributed by atoms with Crippen LogP contribution in [0, 0.1) is 0 Å². The van der Waals surface area contributed by atoms with Crippen LogP contribution in [0.25, 0.3) is 0 Å². The molecule has 5 heteroatoms. The van der Waals surface area contributed by atoms with Crippen molar-refractivity contribution in [1.82, 2.24) is 4.98 Å². The second kappa shape index (κ2) is 5.71. The van der Waals surface area contributed by atoms with Crippen molar-refractivity contribution in [2.24, 2.45) is 0 Å². The van der Waals surface area contributed by atoms with Gasteiger partial charge in [0, 0.05) is 10.5 Å². The van der Waals surface area contributed by atoms with Crippen molar-refractivity contribution in [3.05, 3.63) is 51.6 Å². The van der Waals surface area contributed by atoms with E-state index in [1.807, 2.05) is 18.2 Å². The minimum absolute atomic E-state index is 0.352. The first-order valence-corrected chi connectivity index (χ1v) is 6.54. The fourth-order valence-corrected chi connectivity index (χ4v) is 2.12. The van der Waals surface area contributed by atoms with Gasteiger partial charge in [-0.3, -0.25) is 0 Å². The Morgan fingerprint density at radius 3 is 2.76 bits per heavy atom. The molecule has 0 N–H and O–H groups in total. The van der Waals surface area contributed by atoms with E-state index in [0.717, 1.165) is 10.2 Å². The lowest BCUT2D eigenvalue weighted by Gasteiger charge is -2.07. The smallest absolute Gasteiger partial charge is 0.219 e. The number of alkyl halides is 1. The van der Waals surface area contributed by atoms with Gasteiger partial charge in [-0.1, -0.05) is 33.6 Å². The lowest BCUT2D eigenvalue weighted by atomic mass is 10.3. The molecular weight excluding hydrogens is 325 g/mol. The van der Waals surface area contributed by atoms with Gasteiger partial charge in [0.2, 0.25) is 5.88 Å². The lowest BCUT2D eigenvalue weighted by molar-refractivity contribution is 0.461. The summed E-state index contributed by atoms with van der Waals surface area (Å²) >= 11 is 15.1. The molecule has 0 aliphatic heterocycles. The maximum atomic E-state index is 6.04. The number of halogens is 3. The second-order valence-electron chi connectivity index (χ2n) is 3.28. The van der Waals surface area contributed by atoms with Crippen LogP contribution in [0.5, 0.6) is 11.6 Å². The minimum atomic E-state index is 0.352. The van der Waals surface area contributed by atoms with Gasteiger partial charge in [-0.15, -0.1) is 11.6 Å². The molecule has 0 aliphatic rings. The zero-order chi connectivity index (χ0) is 12.3. The zero-order valence-electron chi connectivity index (χ0n) is 8.66. The Hall–Kier alpha value is -0.770. The monoisotopic (exact) mass is 331 g/mol. The maximum Gasteiger partial charge on any atom is 0.219 e. The zero-order valence-corrected chi connectivity index (χ0v) is 11.8. The van der Waals surface area contributed by atoms with Crippen LogP contribution in [-0.4, -0.2) is 4.98 Å². The number of aromatic nitrogens is 1. The summed E-state index contributed by atoms with van der Waals surface area (Å²) in [6, 6.07) is 10.8. The van der Waals surface area contributed by atoms with Crippen LogP contribution in [-0.2, 0) is 5.88 Å². The third-order valence-corrected chi connectivity index (χ3v) is 3.09. The normalized spacial score (nSPS) is 10.3. The van der Waals surface area contributed by atoms with Crippen molar-refractivity contribution < 1.29 is 4.74 Å². The summed E-state index contributed by atoms with van der Waals surface area (Å²) in [7, 11) is 0. The van der Waals surface area contributed by atoms with Crippen molar-refractivity contribution in [2.45, 2.75) is 5.88 Å². The van der Waals surface area contributed by atoms with E-state index in [0.29, 0.717) is 22.5 Å². The van der Waals surface area contributed by atoms with Gasteiger partial charge in [0.15, 0.2) is 0 Å². The highest BCUT2D eigenvalue weighted by Gasteiger charge is 2.05. The molecule has 0 aliphatic carbocycles. The van der Waals surface area contributed by atoms with E-state index in [2.05, 4.69) is 20.9 Å². The van der Waals surface area contributed by atoms with E-state index in [9.17, 15) is 0 Å². The Morgan fingerprint density at radius 2 is 2.06 bits per heavy atom. The maximum absolute atomic E-state index is 6.04. The average molecular weight is 333 g/mol. The van der Waals surface area contributed by atoms with Gasteiger partial charge in [0.05, 0.1) is 16.6 Å². The van der Waals surface area contributed by atoms with E-state index in [4.69, 9.17) is 27.9 Å².